The van der Waals surface area contributed by atoms with E-state index < -0.39 is 97.9 Å². The van der Waals surface area contributed by atoms with E-state index in [2.05, 4.69) is 26.0 Å². The Kier molecular flexibility index (Phi) is 17.1. The average molecular weight is 809 g/mol. The van der Waals surface area contributed by atoms with Gasteiger partial charge in [0.15, 0.2) is 18.5 Å². The molecule has 0 radical (unpaired) electrons. The van der Waals surface area contributed by atoms with Gasteiger partial charge in [-0.25, -0.2) is 4.79 Å². The van der Waals surface area contributed by atoms with Crippen LogP contribution in [0.5, 0.6) is 11.5 Å². The molecule has 2 saturated heterocycles. The van der Waals surface area contributed by atoms with E-state index in [0.717, 1.165) is 31.7 Å². The molecule has 1 spiro atoms. The molecule has 0 saturated carbocycles. The quantitative estimate of drug-likeness (QED) is 0.0348. The minimum absolute atomic E-state index is 0.0143. The summed E-state index contributed by atoms with van der Waals surface area (Å²) in [6.07, 6.45) is -2.96. The van der Waals surface area contributed by atoms with E-state index >= 15 is 0 Å². The summed E-state index contributed by atoms with van der Waals surface area (Å²) in [5.74, 6) is -4.07. The molecule has 1 aromatic carbocycles. The van der Waals surface area contributed by atoms with E-state index in [1.807, 2.05) is 6.92 Å². The average Bonchev–Trinajstić information content (AvgIpc) is 3.56. The van der Waals surface area contributed by atoms with Crippen molar-refractivity contribution in [3.8, 4) is 11.5 Å². The fourth-order valence-corrected chi connectivity index (χ4v) is 6.94. The summed E-state index contributed by atoms with van der Waals surface area (Å²) in [7, 11) is 0. The van der Waals surface area contributed by atoms with Crippen molar-refractivity contribution in [2.75, 3.05) is 13.2 Å². The van der Waals surface area contributed by atoms with E-state index in [0.29, 0.717) is 12.3 Å². The molecular formula is C41H60O16. The number of aliphatic hydroxyl groups is 6. The number of benzene rings is 1. The summed E-state index contributed by atoms with van der Waals surface area (Å²) in [4.78, 5) is 25.4. The first-order valence-corrected chi connectivity index (χ1v) is 19.6. The molecule has 3 heterocycles. The minimum atomic E-state index is -2.25. The maximum atomic E-state index is 13.6. The van der Waals surface area contributed by atoms with Crippen molar-refractivity contribution in [1.82, 2.24) is 0 Å². The first kappa shape index (κ1) is 46.3. The number of rotatable bonds is 18. The summed E-state index contributed by atoms with van der Waals surface area (Å²) < 4.78 is 34.6. The number of aliphatic hydroxyl groups excluding tert-OH is 6. The van der Waals surface area contributed by atoms with Gasteiger partial charge in [-0.2, -0.15) is 0 Å². The normalized spacial score (nSPS) is 32.1. The van der Waals surface area contributed by atoms with E-state index in [-0.39, 0.29) is 41.4 Å². The fraction of sp³-hybridized carbons (Fsp3) is 0.659. The molecule has 57 heavy (non-hydrogen) atoms. The van der Waals surface area contributed by atoms with Gasteiger partial charge in [0.05, 0.1) is 24.9 Å². The molecule has 4 rings (SSSR count). The van der Waals surface area contributed by atoms with Crippen LogP contribution in [0.1, 0.15) is 84.3 Å². The second-order valence-corrected chi connectivity index (χ2v) is 15.1. The molecule has 8 N–H and O–H groups in total. The van der Waals surface area contributed by atoms with Gasteiger partial charge < -0.3 is 69.3 Å². The van der Waals surface area contributed by atoms with Crippen LogP contribution in [0.25, 0.3) is 0 Å². The van der Waals surface area contributed by atoms with Crippen molar-refractivity contribution in [3.63, 3.8) is 0 Å². The van der Waals surface area contributed by atoms with Gasteiger partial charge >= 0.3 is 11.9 Å². The van der Waals surface area contributed by atoms with Crippen LogP contribution in [0.3, 0.4) is 0 Å². The molecule has 3 aliphatic heterocycles. The number of hydrogen-bond acceptors (Lipinski definition) is 16. The van der Waals surface area contributed by atoms with Crippen molar-refractivity contribution in [2.45, 2.75) is 147 Å². The zero-order chi connectivity index (χ0) is 42.0. The highest BCUT2D eigenvalue weighted by molar-refractivity contribution is 5.88. The number of unbranched alkanes of at least 4 members (excludes halogenated alkanes) is 1. The Labute approximate surface area is 332 Å². The lowest BCUT2D eigenvalue weighted by molar-refractivity contribution is -0.395. The van der Waals surface area contributed by atoms with Gasteiger partial charge in [0.1, 0.15) is 54.7 Å². The van der Waals surface area contributed by atoms with Crippen LogP contribution < -0.4 is 0 Å². The number of esters is 2. The first-order chi connectivity index (χ1) is 27.1. The summed E-state index contributed by atoms with van der Waals surface area (Å²) in [5.41, 5.74) is 0.192. The zero-order valence-corrected chi connectivity index (χ0v) is 33.2. The van der Waals surface area contributed by atoms with Crippen molar-refractivity contribution in [3.05, 3.63) is 59.2 Å². The Morgan fingerprint density at radius 1 is 1.02 bits per heavy atom. The number of fused-ring (bicyclic) bond motifs is 2. The van der Waals surface area contributed by atoms with Crippen LogP contribution in [-0.2, 0) is 50.4 Å². The van der Waals surface area contributed by atoms with Crippen LogP contribution in [0, 0.1) is 11.8 Å². The van der Waals surface area contributed by atoms with Gasteiger partial charge in [-0.1, -0.05) is 64.5 Å². The number of hydrogen-bond donors (Lipinski definition) is 8. The predicted molar refractivity (Wildman–Crippen MR) is 202 cm³/mol. The number of aromatic hydroxyl groups is 2. The highest BCUT2D eigenvalue weighted by Crippen LogP contribution is 2.51. The van der Waals surface area contributed by atoms with Gasteiger partial charge in [-0.3, -0.25) is 4.79 Å². The number of allylic oxidation sites excluding steroid dienone is 4. The van der Waals surface area contributed by atoms with E-state index in [1.54, 1.807) is 19.1 Å². The number of carbonyl (C=O) groups is 2. The molecule has 0 amide bonds. The summed E-state index contributed by atoms with van der Waals surface area (Å²) in [6, 6.07) is 2.28. The van der Waals surface area contributed by atoms with Gasteiger partial charge in [0.2, 0.25) is 5.79 Å². The van der Waals surface area contributed by atoms with Crippen LogP contribution in [0.2, 0.25) is 0 Å². The summed E-state index contributed by atoms with van der Waals surface area (Å²) >= 11 is 0. The Hall–Kier alpha value is -3.42. The smallest absolute Gasteiger partial charge is 0.334 e. The molecule has 2 fully saturated rings. The fourth-order valence-electron chi connectivity index (χ4n) is 6.94. The lowest BCUT2D eigenvalue weighted by Crippen LogP contribution is -2.67. The van der Waals surface area contributed by atoms with Gasteiger partial charge in [-0.05, 0) is 56.1 Å². The molecule has 16 nitrogen and oxygen atoms in total. The largest absolute Gasteiger partial charge is 0.508 e. The third-order valence-corrected chi connectivity index (χ3v) is 10.7. The summed E-state index contributed by atoms with van der Waals surface area (Å²) in [5, 5.41) is 86.3. The van der Waals surface area contributed by atoms with E-state index in [9.17, 15) is 50.4 Å². The third kappa shape index (κ3) is 11.2. The minimum Gasteiger partial charge on any atom is -0.508 e. The molecule has 0 aliphatic carbocycles. The third-order valence-electron chi connectivity index (χ3n) is 10.7. The Balaban J connectivity index is 1.54. The van der Waals surface area contributed by atoms with Crippen molar-refractivity contribution >= 4 is 11.9 Å². The van der Waals surface area contributed by atoms with E-state index in [4.69, 9.17) is 28.4 Å². The molecule has 0 aromatic heterocycles. The molecule has 0 bridgehead atoms. The van der Waals surface area contributed by atoms with Crippen LogP contribution >= 0.6 is 0 Å². The standard InChI is InChI=1S/C41H60O16/c1-6-22(3)13-9-8-10-14-23(4)27(44)16-12-11-15-24(5)39(51)55-37-36(56-40-35(49)34(48)33(47)30(54-40)21-52-31(46)7-2)29(19-42)57-41(38(37)50)32-25(20-53-41)17-26(43)18-28(32)45/h9,11-13,15,17-18,22-23,27,29-30,33-38,40,42-45,47-50H,6-8,10,14,16,19-21H2,1-5H3/b12-11+,13-9+,24-15+/t22?,23?,27?,29?,30?,33-,34?,35?,36?,37?,38?,40?,41?/m0/s1. The molecule has 16 heteroatoms. The van der Waals surface area contributed by atoms with Gasteiger partial charge in [0.25, 0.3) is 0 Å². The lowest BCUT2D eigenvalue weighted by atomic mass is 9.86. The molecule has 13 atom stereocenters. The maximum absolute atomic E-state index is 13.6. The SMILES string of the molecule is CCC(=O)OCC1OC(OC2C(CO)OC3(OCc4cc(O)cc(O)c43)C(O)C2OC(=O)/C(C)=C/C=C/CC(O)C(C)CCC/C=C/C(C)CC)C(O)C(O)[C@H]1O. The number of carbonyl (C=O) groups excluding carboxylic acids is 2. The Morgan fingerprint density at radius 2 is 1.75 bits per heavy atom. The van der Waals surface area contributed by atoms with Crippen molar-refractivity contribution in [1.29, 1.82) is 0 Å². The molecule has 1 aromatic rings. The number of ether oxygens (including phenoxy) is 6. The topological polar surface area (TPSA) is 251 Å². The second kappa shape index (κ2) is 21.0. The second-order valence-electron chi connectivity index (χ2n) is 15.1. The van der Waals surface area contributed by atoms with Crippen molar-refractivity contribution in [2.24, 2.45) is 11.8 Å². The van der Waals surface area contributed by atoms with Crippen LogP contribution in [0.15, 0.2) is 48.1 Å². The summed E-state index contributed by atoms with van der Waals surface area (Å²) in [6.45, 7) is 7.64. The molecule has 320 valence electrons. The maximum Gasteiger partial charge on any atom is 0.334 e. The molecular weight excluding hydrogens is 748 g/mol. The molecule has 3 aliphatic rings. The van der Waals surface area contributed by atoms with Gasteiger partial charge in [-0.15, -0.1) is 0 Å². The Morgan fingerprint density at radius 3 is 2.44 bits per heavy atom. The first-order valence-electron chi connectivity index (χ1n) is 19.6. The molecule has 12 unspecified atom stereocenters. The van der Waals surface area contributed by atoms with Gasteiger partial charge in [0, 0.05) is 18.1 Å². The highest BCUT2D eigenvalue weighted by atomic mass is 16.8. The van der Waals surface area contributed by atoms with Crippen LogP contribution in [0.4, 0.5) is 0 Å². The predicted octanol–water partition coefficient (Wildman–Crippen LogP) is 2.25. The van der Waals surface area contributed by atoms with Crippen molar-refractivity contribution < 1.29 is 78.9 Å². The lowest BCUT2D eigenvalue weighted by Gasteiger charge is -2.50. The number of phenols is 2. The van der Waals surface area contributed by atoms with Crippen LogP contribution in [-0.4, -0.2) is 127 Å². The Bertz CT molecular complexity index is 1580. The van der Waals surface area contributed by atoms with E-state index in [1.165, 1.54) is 19.1 Å². The zero-order valence-electron chi connectivity index (χ0n) is 33.2. The highest BCUT2D eigenvalue weighted by Gasteiger charge is 2.63. The number of phenolic OH excluding ortho intramolecular Hbond substituents is 2. The monoisotopic (exact) mass is 808 g/mol.